The molecule has 1 unspecified atom stereocenters. The molecule has 1 aliphatic rings. The lowest BCUT2D eigenvalue weighted by Gasteiger charge is -2.27. The number of hydrogen-bond donors (Lipinski definition) is 1. The molecule has 6 nitrogen and oxygen atoms in total. The SMILES string of the molecule is CC(c1ccc(-n2cncn2)cc1)N(C)C(=O)NCC1(c2ccccc2)CC1. The molecule has 1 heterocycles. The molecule has 0 saturated heterocycles. The molecule has 144 valence electrons. The third-order valence-electron chi connectivity index (χ3n) is 5.78. The van der Waals surface area contributed by atoms with Crippen LogP contribution in [0.2, 0.25) is 0 Å². The molecule has 6 heteroatoms. The third kappa shape index (κ3) is 3.63. The molecule has 0 radical (unpaired) electrons. The number of aromatic nitrogens is 3. The Kier molecular flexibility index (Phi) is 4.86. The lowest BCUT2D eigenvalue weighted by molar-refractivity contribution is 0.193. The van der Waals surface area contributed by atoms with Crippen molar-refractivity contribution in [1.29, 1.82) is 0 Å². The minimum Gasteiger partial charge on any atom is -0.337 e. The number of carbonyl (C=O) groups is 1. The Bertz CT molecular complexity index is 917. The van der Waals surface area contributed by atoms with Crippen molar-refractivity contribution in [3.63, 3.8) is 0 Å². The molecule has 0 spiro atoms. The summed E-state index contributed by atoms with van der Waals surface area (Å²) in [5.74, 6) is 0. The first kappa shape index (κ1) is 18.2. The van der Waals surface area contributed by atoms with Gasteiger partial charge in [0.25, 0.3) is 0 Å². The predicted octanol–water partition coefficient (Wildman–Crippen LogP) is 3.70. The molecule has 1 aromatic heterocycles. The molecule has 0 bridgehead atoms. The van der Waals surface area contributed by atoms with Gasteiger partial charge in [0, 0.05) is 19.0 Å². The van der Waals surface area contributed by atoms with Gasteiger partial charge in [0.15, 0.2) is 0 Å². The Labute approximate surface area is 165 Å². The fourth-order valence-electron chi connectivity index (χ4n) is 3.53. The minimum atomic E-state index is -0.0462. The Morgan fingerprint density at radius 1 is 1.18 bits per heavy atom. The molecule has 1 saturated carbocycles. The van der Waals surface area contributed by atoms with Crippen LogP contribution in [0.3, 0.4) is 0 Å². The van der Waals surface area contributed by atoms with Gasteiger partial charge < -0.3 is 10.2 Å². The molecule has 28 heavy (non-hydrogen) atoms. The molecule has 3 aromatic rings. The molecule has 1 fully saturated rings. The number of urea groups is 1. The Hall–Kier alpha value is -3.15. The summed E-state index contributed by atoms with van der Waals surface area (Å²) in [4.78, 5) is 18.4. The van der Waals surface area contributed by atoms with Crippen molar-refractivity contribution in [2.24, 2.45) is 0 Å². The summed E-state index contributed by atoms with van der Waals surface area (Å²) in [6.07, 6.45) is 5.43. The topological polar surface area (TPSA) is 63.1 Å². The van der Waals surface area contributed by atoms with Gasteiger partial charge in [0.1, 0.15) is 12.7 Å². The van der Waals surface area contributed by atoms with Gasteiger partial charge in [-0.25, -0.2) is 14.5 Å². The summed E-state index contributed by atoms with van der Waals surface area (Å²) < 4.78 is 1.71. The smallest absolute Gasteiger partial charge is 0.317 e. The van der Waals surface area contributed by atoms with Gasteiger partial charge in [-0.15, -0.1) is 0 Å². The fraction of sp³-hybridized carbons (Fsp3) is 0.318. The van der Waals surface area contributed by atoms with E-state index in [1.165, 1.54) is 11.9 Å². The first-order valence-electron chi connectivity index (χ1n) is 9.60. The second-order valence-corrected chi connectivity index (χ2v) is 7.52. The van der Waals surface area contributed by atoms with Crippen LogP contribution in [0, 0.1) is 0 Å². The summed E-state index contributed by atoms with van der Waals surface area (Å²) in [5.41, 5.74) is 3.44. The van der Waals surface area contributed by atoms with Crippen LogP contribution in [0.5, 0.6) is 0 Å². The van der Waals surface area contributed by atoms with E-state index in [1.807, 2.05) is 44.3 Å². The van der Waals surface area contributed by atoms with E-state index >= 15 is 0 Å². The van der Waals surface area contributed by atoms with Crippen LogP contribution in [0.25, 0.3) is 5.69 Å². The van der Waals surface area contributed by atoms with E-state index in [1.54, 1.807) is 15.9 Å². The monoisotopic (exact) mass is 375 g/mol. The van der Waals surface area contributed by atoms with Gasteiger partial charge in [0.2, 0.25) is 0 Å². The van der Waals surface area contributed by atoms with Crippen LogP contribution < -0.4 is 5.32 Å². The fourth-order valence-corrected chi connectivity index (χ4v) is 3.53. The van der Waals surface area contributed by atoms with E-state index in [0.717, 1.165) is 24.1 Å². The molecule has 1 atom stereocenters. The number of carbonyl (C=O) groups excluding carboxylic acids is 1. The van der Waals surface area contributed by atoms with Crippen molar-refractivity contribution in [3.8, 4) is 5.69 Å². The third-order valence-corrected chi connectivity index (χ3v) is 5.78. The van der Waals surface area contributed by atoms with E-state index in [-0.39, 0.29) is 17.5 Å². The number of amides is 2. The van der Waals surface area contributed by atoms with Crippen molar-refractivity contribution in [2.45, 2.75) is 31.2 Å². The Morgan fingerprint density at radius 3 is 2.50 bits per heavy atom. The van der Waals surface area contributed by atoms with Crippen molar-refractivity contribution in [3.05, 3.63) is 78.4 Å². The summed E-state index contributed by atoms with van der Waals surface area (Å²) in [7, 11) is 1.84. The number of rotatable bonds is 6. The molecule has 1 aliphatic carbocycles. The summed E-state index contributed by atoms with van der Waals surface area (Å²) in [6.45, 7) is 2.71. The Balaban J connectivity index is 1.37. The molecular formula is C22H25N5O. The van der Waals surface area contributed by atoms with Crippen molar-refractivity contribution >= 4 is 6.03 Å². The molecule has 4 rings (SSSR count). The number of hydrogen-bond acceptors (Lipinski definition) is 3. The van der Waals surface area contributed by atoms with Crippen LogP contribution in [-0.2, 0) is 5.41 Å². The second-order valence-electron chi connectivity index (χ2n) is 7.52. The average Bonchev–Trinajstić information content (AvgIpc) is 3.35. The normalized spacial score (nSPS) is 15.6. The summed E-state index contributed by atoms with van der Waals surface area (Å²) >= 11 is 0. The number of nitrogens with one attached hydrogen (secondary N) is 1. The lowest BCUT2D eigenvalue weighted by atomic mass is 9.96. The van der Waals surface area contributed by atoms with Gasteiger partial charge in [-0.3, -0.25) is 0 Å². The van der Waals surface area contributed by atoms with Gasteiger partial charge in [-0.2, -0.15) is 5.10 Å². The lowest BCUT2D eigenvalue weighted by Crippen LogP contribution is -2.42. The zero-order valence-corrected chi connectivity index (χ0v) is 16.2. The first-order valence-corrected chi connectivity index (χ1v) is 9.60. The van der Waals surface area contributed by atoms with Gasteiger partial charge in [-0.05, 0) is 43.0 Å². The van der Waals surface area contributed by atoms with E-state index in [0.29, 0.717) is 6.54 Å². The van der Waals surface area contributed by atoms with E-state index in [9.17, 15) is 4.79 Å². The van der Waals surface area contributed by atoms with Crippen LogP contribution in [0.4, 0.5) is 4.79 Å². The van der Waals surface area contributed by atoms with Gasteiger partial charge >= 0.3 is 6.03 Å². The highest BCUT2D eigenvalue weighted by Crippen LogP contribution is 2.47. The number of benzene rings is 2. The molecule has 2 aromatic carbocycles. The maximum Gasteiger partial charge on any atom is 0.317 e. The summed E-state index contributed by atoms with van der Waals surface area (Å²) in [5, 5.41) is 7.27. The van der Waals surface area contributed by atoms with Gasteiger partial charge in [0.05, 0.1) is 11.7 Å². The largest absolute Gasteiger partial charge is 0.337 e. The maximum atomic E-state index is 12.7. The van der Waals surface area contributed by atoms with Gasteiger partial charge in [-0.1, -0.05) is 42.5 Å². The highest BCUT2D eigenvalue weighted by atomic mass is 16.2. The number of nitrogens with zero attached hydrogens (tertiary/aromatic N) is 4. The van der Waals surface area contributed by atoms with Crippen LogP contribution >= 0.6 is 0 Å². The van der Waals surface area contributed by atoms with E-state index in [2.05, 4.69) is 39.7 Å². The zero-order valence-electron chi connectivity index (χ0n) is 16.2. The van der Waals surface area contributed by atoms with Crippen molar-refractivity contribution in [1.82, 2.24) is 25.0 Å². The minimum absolute atomic E-state index is 0.0309. The first-order chi connectivity index (χ1) is 13.6. The molecular weight excluding hydrogens is 350 g/mol. The highest BCUT2D eigenvalue weighted by molar-refractivity contribution is 5.74. The molecule has 0 aliphatic heterocycles. The standard InChI is InChI=1S/C22H25N5O/c1-17(18-8-10-20(11-9-18)27-16-23-15-25-27)26(2)21(28)24-14-22(12-13-22)19-6-4-3-5-7-19/h3-11,15-17H,12-14H2,1-2H3,(H,24,28). The van der Waals surface area contributed by atoms with Crippen LogP contribution in [0.15, 0.2) is 67.3 Å². The second kappa shape index (κ2) is 7.46. The van der Waals surface area contributed by atoms with Crippen molar-refractivity contribution < 1.29 is 4.79 Å². The van der Waals surface area contributed by atoms with E-state index in [4.69, 9.17) is 0 Å². The predicted molar refractivity (Wildman–Crippen MR) is 108 cm³/mol. The quantitative estimate of drug-likeness (QED) is 0.714. The molecule has 2 amide bonds. The van der Waals surface area contributed by atoms with Crippen LogP contribution in [-0.4, -0.2) is 39.3 Å². The van der Waals surface area contributed by atoms with Crippen molar-refractivity contribution in [2.75, 3.05) is 13.6 Å². The zero-order chi connectivity index (χ0) is 19.6. The maximum absolute atomic E-state index is 12.7. The van der Waals surface area contributed by atoms with E-state index < -0.39 is 0 Å². The Morgan fingerprint density at radius 2 is 1.89 bits per heavy atom. The summed E-state index contributed by atoms with van der Waals surface area (Å²) in [6, 6.07) is 18.4. The average molecular weight is 375 g/mol. The van der Waals surface area contributed by atoms with Crippen LogP contribution in [0.1, 0.15) is 36.9 Å². The highest BCUT2D eigenvalue weighted by Gasteiger charge is 2.44. The molecule has 1 N–H and O–H groups in total.